The van der Waals surface area contributed by atoms with E-state index in [2.05, 4.69) is 31.5 Å². The van der Waals surface area contributed by atoms with Gasteiger partial charge in [0, 0.05) is 17.7 Å². The molecule has 0 aliphatic heterocycles. The number of hydrogen-bond donors (Lipinski definition) is 2. The van der Waals surface area contributed by atoms with E-state index >= 15 is 0 Å². The Labute approximate surface area is 102 Å². The quantitative estimate of drug-likeness (QED) is 0.859. The Hall–Kier alpha value is -1.43. The van der Waals surface area contributed by atoms with E-state index in [1.54, 1.807) is 19.1 Å². The summed E-state index contributed by atoms with van der Waals surface area (Å²) >= 11 is 3.22. The first-order valence-corrected chi connectivity index (χ1v) is 5.48. The van der Waals surface area contributed by atoms with Crippen LogP contribution >= 0.6 is 15.9 Å². The first kappa shape index (κ1) is 12.6. The van der Waals surface area contributed by atoms with E-state index in [9.17, 15) is 9.59 Å². The van der Waals surface area contributed by atoms with Gasteiger partial charge in [0.25, 0.3) is 5.91 Å². The fourth-order valence-corrected chi connectivity index (χ4v) is 1.30. The van der Waals surface area contributed by atoms with Crippen molar-refractivity contribution in [3.8, 4) is 0 Å². The third kappa shape index (κ3) is 3.30. The molecule has 1 atom stereocenters. The smallest absolute Gasteiger partial charge is 0.270 e. The van der Waals surface area contributed by atoms with E-state index in [0.717, 1.165) is 4.47 Å². The number of carbonyl (C=O) groups is 2. The highest BCUT2D eigenvalue weighted by Crippen LogP contribution is 2.07. The van der Waals surface area contributed by atoms with Gasteiger partial charge in [-0.3, -0.25) is 9.59 Å². The molecule has 1 rings (SSSR count). The molecule has 6 heteroatoms. The lowest BCUT2D eigenvalue weighted by Crippen LogP contribution is -2.43. The Kier molecular flexibility index (Phi) is 4.42. The molecule has 0 saturated carbocycles. The van der Waals surface area contributed by atoms with Gasteiger partial charge in [0.15, 0.2) is 0 Å². The zero-order valence-corrected chi connectivity index (χ0v) is 10.5. The van der Waals surface area contributed by atoms with E-state index in [1.165, 1.54) is 13.2 Å². The third-order valence-corrected chi connectivity index (χ3v) is 2.42. The van der Waals surface area contributed by atoms with Crippen molar-refractivity contribution < 1.29 is 9.59 Å². The number of nitrogens with zero attached hydrogens (tertiary/aromatic N) is 1. The zero-order chi connectivity index (χ0) is 12.1. The molecule has 1 unspecified atom stereocenters. The molecule has 1 aromatic heterocycles. The number of halogens is 1. The summed E-state index contributed by atoms with van der Waals surface area (Å²) in [6, 6.07) is 2.71. The molecule has 0 aliphatic rings. The lowest BCUT2D eigenvalue weighted by Gasteiger charge is -2.11. The topological polar surface area (TPSA) is 71.1 Å². The predicted molar refractivity (Wildman–Crippen MR) is 62.9 cm³/mol. The van der Waals surface area contributed by atoms with Crippen LogP contribution in [0.15, 0.2) is 22.8 Å². The van der Waals surface area contributed by atoms with Crippen LogP contribution in [-0.4, -0.2) is 29.9 Å². The van der Waals surface area contributed by atoms with Crippen LogP contribution in [0.1, 0.15) is 17.4 Å². The predicted octanol–water partition coefficient (Wildman–Crippen LogP) is 0.708. The van der Waals surface area contributed by atoms with Crippen molar-refractivity contribution in [2.24, 2.45) is 0 Å². The van der Waals surface area contributed by atoms with Crippen LogP contribution in [-0.2, 0) is 4.79 Å². The molecule has 0 aliphatic carbocycles. The van der Waals surface area contributed by atoms with Gasteiger partial charge in [-0.05, 0) is 35.0 Å². The molecule has 2 N–H and O–H groups in total. The molecule has 1 heterocycles. The average molecular weight is 286 g/mol. The van der Waals surface area contributed by atoms with Crippen LogP contribution in [0.4, 0.5) is 0 Å². The second-order valence-electron chi connectivity index (χ2n) is 3.17. The summed E-state index contributed by atoms with van der Waals surface area (Å²) in [5.74, 6) is -0.617. The van der Waals surface area contributed by atoms with Crippen LogP contribution in [0, 0.1) is 0 Å². The number of carbonyl (C=O) groups excluding carboxylic acids is 2. The highest BCUT2D eigenvalue weighted by atomic mass is 79.9. The number of aromatic nitrogens is 1. The maximum Gasteiger partial charge on any atom is 0.270 e. The first-order valence-electron chi connectivity index (χ1n) is 4.68. The fourth-order valence-electron chi connectivity index (χ4n) is 1.06. The maximum atomic E-state index is 11.6. The van der Waals surface area contributed by atoms with Crippen LogP contribution in [0.3, 0.4) is 0 Å². The van der Waals surface area contributed by atoms with E-state index < -0.39 is 6.04 Å². The van der Waals surface area contributed by atoms with E-state index in [-0.39, 0.29) is 17.5 Å². The SMILES string of the molecule is CNC(=O)C(C)NC(=O)c1ccc(Br)cn1. The number of nitrogens with one attached hydrogen (secondary N) is 2. The van der Waals surface area contributed by atoms with Gasteiger partial charge in [0.05, 0.1) is 0 Å². The summed E-state index contributed by atoms with van der Waals surface area (Å²) in [6.07, 6.45) is 1.53. The number of hydrogen-bond acceptors (Lipinski definition) is 3. The van der Waals surface area contributed by atoms with Gasteiger partial charge < -0.3 is 10.6 Å². The number of amides is 2. The van der Waals surface area contributed by atoms with Crippen molar-refractivity contribution in [2.75, 3.05) is 7.05 Å². The maximum absolute atomic E-state index is 11.6. The van der Waals surface area contributed by atoms with Gasteiger partial charge in [0.1, 0.15) is 11.7 Å². The Bertz CT molecular complexity index is 392. The molecule has 0 radical (unpaired) electrons. The summed E-state index contributed by atoms with van der Waals surface area (Å²) in [6.45, 7) is 1.61. The van der Waals surface area contributed by atoms with E-state index in [0.29, 0.717) is 0 Å². The van der Waals surface area contributed by atoms with Crippen molar-refractivity contribution in [2.45, 2.75) is 13.0 Å². The molecule has 0 fully saturated rings. The Balaban J connectivity index is 2.65. The van der Waals surface area contributed by atoms with Gasteiger partial charge in [-0.1, -0.05) is 0 Å². The van der Waals surface area contributed by atoms with Crippen molar-refractivity contribution in [1.82, 2.24) is 15.6 Å². The Morgan fingerprint density at radius 2 is 2.12 bits per heavy atom. The Morgan fingerprint density at radius 3 is 2.62 bits per heavy atom. The summed E-state index contributed by atoms with van der Waals surface area (Å²) in [5, 5.41) is 4.99. The van der Waals surface area contributed by atoms with Crippen LogP contribution in [0.25, 0.3) is 0 Å². The van der Waals surface area contributed by atoms with Gasteiger partial charge >= 0.3 is 0 Å². The molecule has 0 aromatic carbocycles. The molecule has 2 amide bonds. The molecule has 0 saturated heterocycles. The monoisotopic (exact) mass is 285 g/mol. The van der Waals surface area contributed by atoms with Gasteiger partial charge in [-0.15, -0.1) is 0 Å². The normalized spacial score (nSPS) is 11.7. The molecular weight excluding hydrogens is 274 g/mol. The number of pyridine rings is 1. The molecule has 0 spiro atoms. The van der Waals surface area contributed by atoms with Crippen molar-refractivity contribution in [3.63, 3.8) is 0 Å². The summed E-state index contributed by atoms with van der Waals surface area (Å²) < 4.78 is 0.795. The molecular formula is C10H12BrN3O2. The van der Waals surface area contributed by atoms with Crippen LogP contribution in [0.5, 0.6) is 0 Å². The molecule has 86 valence electrons. The lowest BCUT2D eigenvalue weighted by molar-refractivity contribution is -0.122. The van der Waals surface area contributed by atoms with Crippen LogP contribution in [0.2, 0.25) is 0 Å². The lowest BCUT2D eigenvalue weighted by atomic mass is 10.3. The summed E-state index contributed by atoms with van der Waals surface area (Å²) in [5.41, 5.74) is 0.277. The van der Waals surface area contributed by atoms with E-state index in [1.807, 2.05) is 0 Å². The number of likely N-dealkylation sites (N-methyl/N-ethyl adjacent to an activating group) is 1. The summed E-state index contributed by atoms with van der Waals surface area (Å²) in [4.78, 5) is 26.7. The molecule has 0 bridgehead atoms. The Morgan fingerprint density at radius 1 is 1.44 bits per heavy atom. The number of rotatable bonds is 3. The standard InChI is InChI=1S/C10H12BrN3O2/c1-6(9(15)12-2)14-10(16)8-4-3-7(11)5-13-8/h3-6H,1-2H3,(H,12,15)(H,14,16). The molecule has 1 aromatic rings. The van der Waals surface area contributed by atoms with Gasteiger partial charge in [0.2, 0.25) is 5.91 Å². The average Bonchev–Trinajstić information content (AvgIpc) is 2.28. The molecule has 16 heavy (non-hydrogen) atoms. The third-order valence-electron chi connectivity index (χ3n) is 1.95. The first-order chi connectivity index (χ1) is 7.54. The highest BCUT2D eigenvalue weighted by Gasteiger charge is 2.15. The van der Waals surface area contributed by atoms with Crippen LogP contribution < -0.4 is 10.6 Å². The van der Waals surface area contributed by atoms with Crippen molar-refractivity contribution >= 4 is 27.7 Å². The zero-order valence-electron chi connectivity index (χ0n) is 8.95. The van der Waals surface area contributed by atoms with Crippen molar-refractivity contribution in [3.05, 3.63) is 28.5 Å². The minimum Gasteiger partial charge on any atom is -0.357 e. The van der Waals surface area contributed by atoms with Gasteiger partial charge in [-0.25, -0.2) is 4.98 Å². The molecule has 5 nitrogen and oxygen atoms in total. The fraction of sp³-hybridized carbons (Fsp3) is 0.300. The summed E-state index contributed by atoms with van der Waals surface area (Å²) in [7, 11) is 1.52. The minimum atomic E-state index is -0.581. The highest BCUT2D eigenvalue weighted by molar-refractivity contribution is 9.10. The second kappa shape index (κ2) is 5.60. The second-order valence-corrected chi connectivity index (χ2v) is 4.09. The van der Waals surface area contributed by atoms with Gasteiger partial charge in [-0.2, -0.15) is 0 Å². The largest absolute Gasteiger partial charge is 0.357 e. The van der Waals surface area contributed by atoms with E-state index in [4.69, 9.17) is 0 Å². The van der Waals surface area contributed by atoms with Crippen molar-refractivity contribution in [1.29, 1.82) is 0 Å². The minimum absolute atomic E-state index is 0.245.